The van der Waals surface area contributed by atoms with Gasteiger partial charge in [-0.3, -0.25) is 5.10 Å². The fourth-order valence-electron chi connectivity index (χ4n) is 1.32. The Kier molecular flexibility index (Phi) is 7.35. The summed E-state index contributed by atoms with van der Waals surface area (Å²) in [6, 6.07) is 4.18. The predicted octanol–water partition coefficient (Wildman–Crippen LogP) is 2.92. The molecule has 0 saturated heterocycles. The minimum Gasteiger partial charge on any atom is -0.310 e. The molecule has 0 saturated carbocycles. The van der Waals surface area contributed by atoms with Crippen LogP contribution in [0.1, 0.15) is 11.3 Å². The molecule has 3 nitrogen and oxygen atoms in total. The van der Waals surface area contributed by atoms with Gasteiger partial charge in [-0.1, -0.05) is 0 Å². The van der Waals surface area contributed by atoms with Gasteiger partial charge in [-0.15, -0.1) is 12.4 Å². The highest BCUT2D eigenvalue weighted by molar-refractivity contribution is 7.98. The largest absolute Gasteiger partial charge is 0.310 e. The lowest BCUT2D eigenvalue weighted by Gasteiger charge is -2.02. The number of aromatic amines is 1. The topological polar surface area (TPSA) is 40.7 Å². The normalized spacial score (nSPS) is 10.1. The SMILES string of the molecule is Cl.c1cc(CNCCSCc2ccsc2)[nH]n1. The van der Waals surface area contributed by atoms with E-state index in [0.29, 0.717) is 0 Å². The number of nitrogens with zero attached hydrogens (tertiary/aromatic N) is 1. The zero-order valence-corrected chi connectivity index (χ0v) is 11.8. The van der Waals surface area contributed by atoms with Gasteiger partial charge in [-0.2, -0.15) is 28.2 Å². The number of hydrogen-bond donors (Lipinski definition) is 2. The van der Waals surface area contributed by atoms with E-state index in [2.05, 4.69) is 32.3 Å². The van der Waals surface area contributed by atoms with Crippen LogP contribution in [0.25, 0.3) is 0 Å². The van der Waals surface area contributed by atoms with Crippen molar-refractivity contribution in [1.82, 2.24) is 15.5 Å². The number of hydrogen-bond acceptors (Lipinski definition) is 4. The summed E-state index contributed by atoms with van der Waals surface area (Å²) < 4.78 is 0. The van der Waals surface area contributed by atoms with Crippen molar-refractivity contribution in [2.24, 2.45) is 0 Å². The second kappa shape index (κ2) is 8.58. The Morgan fingerprint density at radius 3 is 3.06 bits per heavy atom. The number of rotatable bonds is 7. The summed E-state index contributed by atoms with van der Waals surface area (Å²) in [6.07, 6.45) is 1.78. The number of H-pyrrole nitrogens is 1. The third kappa shape index (κ3) is 5.59. The van der Waals surface area contributed by atoms with E-state index in [-0.39, 0.29) is 12.4 Å². The van der Waals surface area contributed by atoms with Crippen LogP contribution < -0.4 is 5.32 Å². The van der Waals surface area contributed by atoms with Crippen LogP contribution in [0.5, 0.6) is 0 Å². The zero-order chi connectivity index (χ0) is 11.1. The van der Waals surface area contributed by atoms with E-state index in [4.69, 9.17) is 0 Å². The third-order valence-corrected chi connectivity index (χ3v) is 3.91. The van der Waals surface area contributed by atoms with E-state index >= 15 is 0 Å². The van der Waals surface area contributed by atoms with E-state index in [0.717, 1.165) is 30.3 Å². The van der Waals surface area contributed by atoms with Gasteiger partial charge >= 0.3 is 0 Å². The van der Waals surface area contributed by atoms with Gasteiger partial charge in [0, 0.05) is 36.5 Å². The fourth-order valence-corrected chi connectivity index (χ4v) is 2.94. The first-order valence-corrected chi connectivity index (χ1v) is 7.32. The first-order chi connectivity index (χ1) is 7.95. The van der Waals surface area contributed by atoms with Crippen molar-refractivity contribution < 1.29 is 0 Å². The van der Waals surface area contributed by atoms with Gasteiger partial charge in [0.2, 0.25) is 0 Å². The lowest BCUT2D eigenvalue weighted by Crippen LogP contribution is -2.16. The molecule has 0 aliphatic carbocycles. The quantitative estimate of drug-likeness (QED) is 0.770. The van der Waals surface area contributed by atoms with Crippen LogP contribution in [0, 0.1) is 0 Å². The lowest BCUT2D eigenvalue weighted by atomic mass is 10.4. The van der Waals surface area contributed by atoms with Crippen molar-refractivity contribution in [2.45, 2.75) is 12.3 Å². The summed E-state index contributed by atoms with van der Waals surface area (Å²) in [5.74, 6) is 2.26. The Morgan fingerprint density at radius 1 is 1.41 bits per heavy atom. The molecule has 0 aliphatic rings. The van der Waals surface area contributed by atoms with Crippen LogP contribution in [0.3, 0.4) is 0 Å². The Bertz CT molecular complexity index is 337. The molecule has 0 fully saturated rings. The smallest absolute Gasteiger partial charge is 0.0490 e. The molecular weight excluding hydrogens is 274 g/mol. The van der Waals surface area contributed by atoms with Gasteiger partial charge in [0.1, 0.15) is 0 Å². The van der Waals surface area contributed by atoms with Gasteiger partial charge in [-0.05, 0) is 28.5 Å². The summed E-state index contributed by atoms with van der Waals surface area (Å²) >= 11 is 3.73. The van der Waals surface area contributed by atoms with E-state index in [1.54, 1.807) is 17.5 Å². The molecule has 0 aromatic carbocycles. The second-order valence-electron chi connectivity index (χ2n) is 3.44. The first-order valence-electron chi connectivity index (χ1n) is 5.23. The van der Waals surface area contributed by atoms with Gasteiger partial charge in [0.15, 0.2) is 0 Å². The minimum atomic E-state index is 0. The molecular formula is C11H16ClN3S2. The standard InChI is InChI=1S/C11H15N3S2.ClH/c1-3-13-14-11(1)7-12-4-6-16-9-10-2-5-15-8-10;/h1-3,5,8,12H,4,6-7,9H2,(H,13,14);1H. The van der Waals surface area contributed by atoms with E-state index in [9.17, 15) is 0 Å². The van der Waals surface area contributed by atoms with Crippen LogP contribution >= 0.6 is 35.5 Å². The molecule has 0 radical (unpaired) electrons. The monoisotopic (exact) mass is 289 g/mol. The number of halogens is 1. The maximum absolute atomic E-state index is 3.90. The van der Waals surface area contributed by atoms with E-state index in [1.165, 1.54) is 5.56 Å². The highest BCUT2D eigenvalue weighted by atomic mass is 35.5. The Balaban J connectivity index is 0.00000144. The average Bonchev–Trinajstić information content (AvgIpc) is 2.96. The third-order valence-electron chi connectivity index (χ3n) is 2.15. The summed E-state index contributed by atoms with van der Waals surface area (Å²) in [5.41, 5.74) is 2.58. The maximum Gasteiger partial charge on any atom is 0.0490 e. The van der Waals surface area contributed by atoms with Crippen molar-refractivity contribution in [1.29, 1.82) is 0 Å². The van der Waals surface area contributed by atoms with Crippen molar-refractivity contribution in [3.05, 3.63) is 40.3 Å². The molecule has 6 heteroatoms. The molecule has 0 unspecified atom stereocenters. The lowest BCUT2D eigenvalue weighted by molar-refractivity contribution is 0.712. The Morgan fingerprint density at radius 2 is 2.35 bits per heavy atom. The van der Waals surface area contributed by atoms with Crippen LogP contribution in [0.15, 0.2) is 29.1 Å². The molecule has 2 aromatic rings. The molecule has 0 amide bonds. The maximum atomic E-state index is 3.90. The molecule has 0 atom stereocenters. The predicted molar refractivity (Wildman–Crippen MR) is 78.0 cm³/mol. The second-order valence-corrected chi connectivity index (χ2v) is 5.33. The van der Waals surface area contributed by atoms with Crippen molar-refractivity contribution in [3.63, 3.8) is 0 Å². The van der Waals surface area contributed by atoms with Gasteiger partial charge < -0.3 is 5.32 Å². The average molecular weight is 290 g/mol. The van der Waals surface area contributed by atoms with Crippen molar-refractivity contribution >= 4 is 35.5 Å². The molecule has 2 N–H and O–H groups in total. The van der Waals surface area contributed by atoms with E-state index < -0.39 is 0 Å². The molecule has 0 aliphatic heterocycles. The summed E-state index contributed by atoms with van der Waals surface area (Å²) in [4.78, 5) is 0. The molecule has 2 aromatic heterocycles. The first kappa shape index (κ1) is 14.6. The molecule has 0 spiro atoms. The summed E-state index contributed by atoms with van der Waals surface area (Å²) in [5, 5.41) is 14.6. The summed E-state index contributed by atoms with van der Waals surface area (Å²) in [6.45, 7) is 1.91. The number of thiophene rings is 1. The van der Waals surface area contributed by atoms with Gasteiger partial charge in [0.05, 0.1) is 0 Å². The molecule has 0 bridgehead atoms. The molecule has 2 heterocycles. The van der Waals surface area contributed by atoms with Crippen LogP contribution in [0.2, 0.25) is 0 Å². The van der Waals surface area contributed by atoms with Gasteiger partial charge in [0.25, 0.3) is 0 Å². The Labute approximate surface area is 116 Å². The van der Waals surface area contributed by atoms with Crippen molar-refractivity contribution in [3.8, 4) is 0 Å². The molecule has 94 valence electrons. The highest BCUT2D eigenvalue weighted by Gasteiger charge is 1.95. The number of thioether (sulfide) groups is 1. The van der Waals surface area contributed by atoms with Crippen molar-refractivity contribution in [2.75, 3.05) is 12.3 Å². The summed E-state index contributed by atoms with van der Waals surface area (Å²) in [7, 11) is 0. The Hall–Kier alpha value is -0.490. The van der Waals surface area contributed by atoms with Gasteiger partial charge in [-0.25, -0.2) is 0 Å². The number of aromatic nitrogens is 2. The molecule has 2 rings (SSSR count). The highest BCUT2D eigenvalue weighted by Crippen LogP contribution is 2.14. The van der Waals surface area contributed by atoms with Crippen LogP contribution in [-0.2, 0) is 12.3 Å². The van der Waals surface area contributed by atoms with Crippen LogP contribution in [0.4, 0.5) is 0 Å². The number of nitrogens with one attached hydrogen (secondary N) is 2. The fraction of sp³-hybridized carbons (Fsp3) is 0.364. The zero-order valence-electron chi connectivity index (χ0n) is 9.39. The van der Waals surface area contributed by atoms with Crippen LogP contribution in [-0.4, -0.2) is 22.5 Å². The molecule has 17 heavy (non-hydrogen) atoms. The minimum absolute atomic E-state index is 0. The van der Waals surface area contributed by atoms with E-state index in [1.807, 2.05) is 17.8 Å².